The van der Waals surface area contributed by atoms with E-state index in [4.69, 9.17) is 10.5 Å². The number of rotatable bonds is 2. The molecule has 0 saturated carbocycles. The molecule has 2 unspecified atom stereocenters. The van der Waals surface area contributed by atoms with Crippen LogP contribution in [0.25, 0.3) is 11.4 Å². The van der Waals surface area contributed by atoms with Crippen LogP contribution in [0.4, 0.5) is 10.1 Å². The maximum absolute atomic E-state index is 13.5. The number of anilines is 1. The molecule has 0 bridgehead atoms. The van der Waals surface area contributed by atoms with Gasteiger partial charge in [-0.3, -0.25) is 0 Å². The fraction of sp³-hybridized carbons (Fsp3) is 0.462. The van der Waals surface area contributed by atoms with Crippen molar-refractivity contribution in [1.29, 1.82) is 0 Å². The molecule has 2 aromatic rings. The topological polar surface area (TPSA) is 78.9 Å². The standard InChI is InChI=1S/C13H16FN5O/c1-8-4-12(2-3-20-8)19-13(16-17-18-19)9-5-10(14)7-11(15)6-9/h5-8,12H,2-4,15H2,1H3. The Labute approximate surface area is 115 Å². The molecule has 7 heteroatoms. The highest BCUT2D eigenvalue weighted by molar-refractivity contribution is 5.61. The quantitative estimate of drug-likeness (QED) is 0.847. The summed E-state index contributed by atoms with van der Waals surface area (Å²) >= 11 is 0. The van der Waals surface area contributed by atoms with Crippen LogP contribution in [0.3, 0.4) is 0 Å². The highest BCUT2D eigenvalue weighted by atomic mass is 19.1. The van der Waals surface area contributed by atoms with E-state index in [0.717, 1.165) is 12.8 Å². The van der Waals surface area contributed by atoms with Crippen LogP contribution in [0, 0.1) is 5.82 Å². The third-order valence-electron chi connectivity index (χ3n) is 3.47. The maximum atomic E-state index is 13.5. The first-order valence-electron chi connectivity index (χ1n) is 6.59. The van der Waals surface area contributed by atoms with Crippen LogP contribution in [0.1, 0.15) is 25.8 Å². The lowest BCUT2D eigenvalue weighted by molar-refractivity contribution is 0.00350. The van der Waals surface area contributed by atoms with E-state index < -0.39 is 5.82 Å². The zero-order chi connectivity index (χ0) is 14.1. The summed E-state index contributed by atoms with van der Waals surface area (Å²) in [7, 11) is 0. The monoisotopic (exact) mass is 277 g/mol. The van der Waals surface area contributed by atoms with E-state index in [1.54, 1.807) is 10.7 Å². The Hall–Kier alpha value is -2.02. The normalized spacial score (nSPS) is 22.9. The van der Waals surface area contributed by atoms with Crippen molar-refractivity contribution in [2.45, 2.75) is 31.9 Å². The van der Waals surface area contributed by atoms with E-state index in [1.165, 1.54) is 12.1 Å². The van der Waals surface area contributed by atoms with Gasteiger partial charge in [-0.05, 0) is 48.4 Å². The highest BCUT2D eigenvalue weighted by Gasteiger charge is 2.25. The first-order valence-corrected chi connectivity index (χ1v) is 6.59. The van der Waals surface area contributed by atoms with Gasteiger partial charge < -0.3 is 10.5 Å². The Morgan fingerprint density at radius 2 is 2.25 bits per heavy atom. The summed E-state index contributed by atoms with van der Waals surface area (Å²) in [6.45, 7) is 2.70. The molecule has 1 aliphatic rings. The van der Waals surface area contributed by atoms with Crippen molar-refractivity contribution in [3.63, 3.8) is 0 Å². The Morgan fingerprint density at radius 1 is 1.40 bits per heavy atom. The first kappa shape index (κ1) is 13.0. The van der Waals surface area contributed by atoms with Gasteiger partial charge in [0.2, 0.25) is 0 Å². The second-order valence-corrected chi connectivity index (χ2v) is 5.08. The van der Waals surface area contributed by atoms with Crippen molar-refractivity contribution >= 4 is 5.69 Å². The number of hydrogen-bond donors (Lipinski definition) is 1. The van der Waals surface area contributed by atoms with Gasteiger partial charge in [0.1, 0.15) is 5.82 Å². The van der Waals surface area contributed by atoms with Crippen LogP contribution in [0.2, 0.25) is 0 Å². The number of hydrogen-bond acceptors (Lipinski definition) is 5. The molecular weight excluding hydrogens is 261 g/mol. The summed E-state index contributed by atoms with van der Waals surface area (Å²) in [5.41, 5.74) is 6.62. The Kier molecular flexibility index (Phi) is 3.35. The fourth-order valence-electron chi connectivity index (χ4n) is 2.57. The number of nitrogen functional groups attached to an aromatic ring is 1. The lowest BCUT2D eigenvalue weighted by Crippen LogP contribution is -2.26. The van der Waals surface area contributed by atoms with Gasteiger partial charge in [-0.1, -0.05) is 0 Å². The van der Waals surface area contributed by atoms with Gasteiger partial charge in [-0.2, -0.15) is 0 Å². The molecule has 1 aromatic heterocycles. The summed E-state index contributed by atoms with van der Waals surface area (Å²) in [6, 6.07) is 4.50. The minimum Gasteiger partial charge on any atom is -0.399 e. The molecule has 0 radical (unpaired) electrons. The highest BCUT2D eigenvalue weighted by Crippen LogP contribution is 2.29. The molecule has 0 aliphatic carbocycles. The van der Waals surface area contributed by atoms with Crippen molar-refractivity contribution in [3.05, 3.63) is 24.0 Å². The largest absolute Gasteiger partial charge is 0.399 e. The number of nitrogens with two attached hydrogens (primary N) is 1. The summed E-state index contributed by atoms with van der Waals surface area (Å²) in [4.78, 5) is 0. The number of benzene rings is 1. The fourth-order valence-corrected chi connectivity index (χ4v) is 2.57. The average Bonchev–Trinajstić information content (AvgIpc) is 2.86. The van der Waals surface area contributed by atoms with Crippen molar-refractivity contribution < 1.29 is 9.13 Å². The van der Waals surface area contributed by atoms with Crippen molar-refractivity contribution in [2.24, 2.45) is 0 Å². The minimum atomic E-state index is -0.394. The molecule has 6 nitrogen and oxygen atoms in total. The van der Waals surface area contributed by atoms with Crippen LogP contribution in [0.5, 0.6) is 0 Å². The van der Waals surface area contributed by atoms with Gasteiger partial charge in [0.05, 0.1) is 12.1 Å². The average molecular weight is 277 g/mol. The van der Waals surface area contributed by atoms with E-state index >= 15 is 0 Å². The van der Waals surface area contributed by atoms with Crippen LogP contribution in [0.15, 0.2) is 18.2 Å². The predicted octanol–water partition coefficient (Wildman–Crippen LogP) is 1.80. The van der Waals surface area contributed by atoms with Gasteiger partial charge >= 0.3 is 0 Å². The molecule has 1 aromatic carbocycles. The molecule has 0 amide bonds. The van der Waals surface area contributed by atoms with Crippen molar-refractivity contribution in [3.8, 4) is 11.4 Å². The summed E-state index contributed by atoms with van der Waals surface area (Å²) < 4.78 is 20.7. The smallest absolute Gasteiger partial charge is 0.182 e. The third-order valence-corrected chi connectivity index (χ3v) is 3.47. The number of aromatic nitrogens is 4. The van der Waals surface area contributed by atoms with Gasteiger partial charge in [0.25, 0.3) is 0 Å². The molecule has 106 valence electrons. The Bertz CT molecular complexity index is 594. The van der Waals surface area contributed by atoms with E-state index in [2.05, 4.69) is 15.5 Å². The van der Waals surface area contributed by atoms with Gasteiger partial charge in [-0.25, -0.2) is 9.07 Å². The maximum Gasteiger partial charge on any atom is 0.182 e. The van der Waals surface area contributed by atoms with Gasteiger partial charge in [-0.15, -0.1) is 5.10 Å². The first-order chi connectivity index (χ1) is 9.63. The number of halogens is 1. The molecule has 1 saturated heterocycles. The predicted molar refractivity (Wildman–Crippen MR) is 71.3 cm³/mol. The van der Waals surface area contributed by atoms with Crippen molar-refractivity contribution in [1.82, 2.24) is 20.2 Å². The van der Waals surface area contributed by atoms with E-state index in [9.17, 15) is 4.39 Å². The molecular formula is C13H16FN5O. The van der Waals surface area contributed by atoms with Crippen LogP contribution < -0.4 is 5.73 Å². The van der Waals surface area contributed by atoms with Crippen molar-refractivity contribution in [2.75, 3.05) is 12.3 Å². The lowest BCUT2D eigenvalue weighted by atomic mass is 10.0. The third kappa shape index (κ3) is 2.49. The van der Waals surface area contributed by atoms with E-state index in [0.29, 0.717) is 23.7 Å². The lowest BCUT2D eigenvalue weighted by Gasteiger charge is -2.27. The SMILES string of the molecule is CC1CC(n2nnnc2-c2cc(N)cc(F)c2)CCO1. The zero-order valence-corrected chi connectivity index (χ0v) is 11.2. The van der Waals surface area contributed by atoms with E-state index in [1.807, 2.05) is 6.92 Å². The van der Waals surface area contributed by atoms with Crippen LogP contribution in [-0.2, 0) is 4.74 Å². The molecule has 2 atom stereocenters. The molecule has 1 fully saturated rings. The minimum absolute atomic E-state index is 0.160. The number of nitrogens with zero attached hydrogens (tertiary/aromatic N) is 4. The Morgan fingerprint density at radius 3 is 3.00 bits per heavy atom. The molecule has 20 heavy (non-hydrogen) atoms. The van der Waals surface area contributed by atoms with Crippen LogP contribution in [-0.4, -0.2) is 32.9 Å². The van der Waals surface area contributed by atoms with Gasteiger partial charge in [0.15, 0.2) is 5.82 Å². The Balaban J connectivity index is 1.97. The molecule has 0 spiro atoms. The van der Waals surface area contributed by atoms with Crippen LogP contribution >= 0.6 is 0 Å². The zero-order valence-electron chi connectivity index (χ0n) is 11.2. The molecule has 2 N–H and O–H groups in total. The van der Waals surface area contributed by atoms with Gasteiger partial charge in [0, 0.05) is 17.9 Å². The molecule has 3 rings (SSSR count). The number of ether oxygens (including phenoxy) is 1. The number of tetrazole rings is 1. The second kappa shape index (κ2) is 5.16. The summed E-state index contributed by atoms with van der Waals surface area (Å²) in [6.07, 6.45) is 1.85. The van der Waals surface area contributed by atoms with E-state index in [-0.39, 0.29) is 12.1 Å². The summed E-state index contributed by atoms with van der Waals surface area (Å²) in [5.74, 6) is 0.144. The molecule has 2 heterocycles. The summed E-state index contributed by atoms with van der Waals surface area (Å²) in [5, 5.41) is 11.8. The molecule has 1 aliphatic heterocycles. The second-order valence-electron chi connectivity index (χ2n) is 5.08.